The minimum Gasteiger partial charge on any atom is -0.342 e. The summed E-state index contributed by atoms with van der Waals surface area (Å²) in [6, 6.07) is 10.6. The predicted octanol–water partition coefficient (Wildman–Crippen LogP) is 4.26. The molecule has 0 aliphatic heterocycles. The van der Waals surface area contributed by atoms with Crippen molar-refractivity contribution in [3.8, 4) is 0 Å². The lowest BCUT2D eigenvalue weighted by Crippen LogP contribution is -2.33. The molecule has 0 bridgehead atoms. The van der Waals surface area contributed by atoms with Crippen molar-refractivity contribution in [3.63, 3.8) is 0 Å². The molecule has 0 saturated carbocycles. The Hall–Kier alpha value is -2.90. The monoisotopic (exact) mass is 396 g/mol. The van der Waals surface area contributed by atoms with Crippen LogP contribution in [0, 0.1) is 5.82 Å². The molecule has 4 nitrogen and oxygen atoms in total. The molecule has 0 unspecified atom stereocenters. The molecule has 150 valence electrons. The van der Waals surface area contributed by atoms with E-state index >= 15 is 0 Å². The van der Waals surface area contributed by atoms with Crippen LogP contribution in [0.25, 0.3) is 0 Å². The van der Waals surface area contributed by atoms with E-state index in [2.05, 4.69) is 5.32 Å². The van der Waals surface area contributed by atoms with Crippen molar-refractivity contribution in [2.45, 2.75) is 25.9 Å². The van der Waals surface area contributed by atoms with Gasteiger partial charge in [0.25, 0.3) is 0 Å². The van der Waals surface area contributed by atoms with Gasteiger partial charge >= 0.3 is 6.18 Å². The standard InChI is InChI=1S/C20H20F4N2O2/c1-14(27)26(12-10-15-6-8-16(21)9-7-15)13-11-19(28)25-18-5-3-2-4-17(18)20(22,23)24/h2-9H,10-13H2,1H3,(H,25,28). The molecular weight excluding hydrogens is 376 g/mol. The highest BCUT2D eigenvalue weighted by molar-refractivity contribution is 5.92. The molecule has 0 fully saturated rings. The molecule has 0 heterocycles. The Labute approximate surface area is 160 Å². The second-order valence-electron chi connectivity index (χ2n) is 6.22. The van der Waals surface area contributed by atoms with Crippen LogP contribution in [0.5, 0.6) is 0 Å². The number of alkyl halides is 3. The van der Waals surface area contributed by atoms with E-state index in [1.165, 1.54) is 42.2 Å². The van der Waals surface area contributed by atoms with Gasteiger partial charge in [-0.05, 0) is 36.2 Å². The summed E-state index contributed by atoms with van der Waals surface area (Å²) < 4.78 is 51.9. The average Bonchev–Trinajstić information content (AvgIpc) is 2.62. The van der Waals surface area contributed by atoms with E-state index in [4.69, 9.17) is 0 Å². The van der Waals surface area contributed by atoms with Crippen LogP contribution in [0.4, 0.5) is 23.2 Å². The van der Waals surface area contributed by atoms with Crippen LogP contribution in [0.2, 0.25) is 0 Å². The number of para-hydroxylation sites is 1. The number of nitrogens with one attached hydrogen (secondary N) is 1. The Morgan fingerprint density at radius 3 is 2.25 bits per heavy atom. The van der Waals surface area contributed by atoms with Gasteiger partial charge in [-0.15, -0.1) is 0 Å². The molecule has 0 atom stereocenters. The second kappa shape index (κ2) is 9.34. The van der Waals surface area contributed by atoms with Gasteiger partial charge in [-0.1, -0.05) is 24.3 Å². The first-order valence-electron chi connectivity index (χ1n) is 8.63. The van der Waals surface area contributed by atoms with Gasteiger partial charge in [0.2, 0.25) is 11.8 Å². The van der Waals surface area contributed by atoms with E-state index in [0.29, 0.717) is 13.0 Å². The van der Waals surface area contributed by atoms with E-state index in [0.717, 1.165) is 11.6 Å². The van der Waals surface area contributed by atoms with E-state index in [1.807, 2.05) is 0 Å². The van der Waals surface area contributed by atoms with Crippen molar-refractivity contribution in [3.05, 3.63) is 65.5 Å². The summed E-state index contributed by atoms with van der Waals surface area (Å²) in [5, 5.41) is 2.25. The topological polar surface area (TPSA) is 49.4 Å². The van der Waals surface area contributed by atoms with Gasteiger partial charge in [0.1, 0.15) is 5.82 Å². The highest BCUT2D eigenvalue weighted by atomic mass is 19.4. The van der Waals surface area contributed by atoms with E-state index < -0.39 is 17.6 Å². The number of hydrogen-bond acceptors (Lipinski definition) is 2. The summed E-state index contributed by atoms with van der Waals surface area (Å²) in [6.07, 6.45) is -4.25. The van der Waals surface area contributed by atoms with Gasteiger partial charge < -0.3 is 10.2 Å². The van der Waals surface area contributed by atoms with Gasteiger partial charge in [0.15, 0.2) is 0 Å². The molecule has 0 saturated heterocycles. The first kappa shape index (κ1) is 21.4. The third-order valence-corrected chi connectivity index (χ3v) is 4.14. The van der Waals surface area contributed by atoms with Crippen LogP contribution in [-0.4, -0.2) is 29.8 Å². The zero-order chi connectivity index (χ0) is 20.7. The molecule has 0 aliphatic carbocycles. The number of carbonyl (C=O) groups is 2. The third kappa shape index (κ3) is 6.37. The lowest BCUT2D eigenvalue weighted by atomic mass is 10.1. The van der Waals surface area contributed by atoms with Crippen molar-refractivity contribution < 1.29 is 27.2 Å². The van der Waals surface area contributed by atoms with E-state index in [1.54, 1.807) is 12.1 Å². The number of nitrogens with zero attached hydrogens (tertiary/aromatic N) is 1. The molecule has 0 spiro atoms. The lowest BCUT2D eigenvalue weighted by molar-refractivity contribution is -0.137. The molecule has 8 heteroatoms. The molecular formula is C20H20F4N2O2. The van der Waals surface area contributed by atoms with Crippen LogP contribution in [-0.2, 0) is 22.2 Å². The van der Waals surface area contributed by atoms with Crippen molar-refractivity contribution in [2.75, 3.05) is 18.4 Å². The fourth-order valence-corrected chi connectivity index (χ4v) is 2.63. The number of carbonyl (C=O) groups excluding carboxylic acids is 2. The smallest absolute Gasteiger partial charge is 0.342 e. The van der Waals surface area contributed by atoms with E-state index in [-0.39, 0.29) is 30.4 Å². The summed E-state index contributed by atoms with van der Waals surface area (Å²) in [7, 11) is 0. The summed E-state index contributed by atoms with van der Waals surface area (Å²) >= 11 is 0. The Kier molecular flexibility index (Phi) is 7.14. The zero-order valence-electron chi connectivity index (χ0n) is 15.2. The number of anilines is 1. The fraction of sp³-hybridized carbons (Fsp3) is 0.300. The normalized spacial score (nSPS) is 11.2. The van der Waals surface area contributed by atoms with Crippen molar-refractivity contribution in [1.29, 1.82) is 0 Å². The summed E-state index contributed by atoms with van der Waals surface area (Å²) in [5.41, 5.74) is -0.417. The first-order valence-corrected chi connectivity index (χ1v) is 8.63. The average molecular weight is 396 g/mol. The maximum atomic E-state index is 13.0. The maximum absolute atomic E-state index is 13.0. The van der Waals surface area contributed by atoms with Gasteiger partial charge in [0, 0.05) is 26.4 Å². The highest BCUT2D eigenvalue weighted by Crippen LogP contribution is 2.34. The minimum absolute atomic E-state index is 0.0660. The highest BCUT2D eigenvalue weighted by Gasteiger charge is 2.33. The van der Waals surface area contributed by atoms with Crippen molar-refractivity contribution >= 4 is 17.5 Å². The molecule has 28 heavy (non-hydrogen) atoms. The minimum atomic E-state index is -4.58. The SMILES string of the molecule is CC(=O)N(CCC(=O)Nc1ccccc1C(F)(F)F)CCc1ccc(F)cc1. The van der Waals surface area contributed by atoms with Crippen molar-refractivity contribution in [1.82, 2.24) is 4.90 Å². The molecule has 2 aromatic rings. The van der Waals surface area contributed by atoms with Crippen LogP contribution < -0.4 is 5.32 Å². The largest absolute Gasteiger partial charge is 0.418 e. The molecule has 2 amide bonds. The molecule has 2 rings (SSSR count). The maximum Gasteiger partial charge on any atom is 0.418 e. The predicted molar refractivity (Wildman–Crippen MR) is 97.0 cm³/mol. The lowest BCUT2D eigenvalue weighted by Gasteiger charge is -2.21. The zero-order valence-corrected chi connectivity index (χ0v) is 15.2. The molecule has 0 aliphatic rings. The number of hydrogen-bond donors (Lipinski definition) is 1. The number of halogens is 4. The Morgan fingerprint density at radius 1 is 1.00 bits per heavy atom. The Balaban J connectivity index is 1.92. The third-order valence-electron chi connectivity index (χ3n) is 4.14. The van der Waals surface area contributed by atoms with E-state index in [9.17, 15) is 27.2 Å². The Morgan fingerprint density at radius 2 is 1.64 bits per heavy atom. The Bertz CT molecular complexity index is 820. The van der Waals surface area contributed by atoms with Crippen LogP contribution in [0.1, 0.15) is 24.5 Å². The van der Waals surface area contributed by atoms with Gasteiger partial charge in [-0.2, -0.15) is 13.2 Å². The van der Waals surface area contributed by atoms with Crippen LogP contribution in [0.3, 0.4) is 0 Å². The van der Waals surface area contributed by atoms with Crippen molar-refractivity contribution in [2.24, 2.45) is 0 Å². The van der Waals surface area contributed by atoms with Crippen LogP contribution >= 0.6 is 0 Å². The summed E-state index contributed by atoms with van der Waals surface area (Å²) in [6.45, 7) is 1.73. The number of rotatable bonds is 7. The summed E-state index contributed by atoms with van der Waals surface area (Å²) in [4.78, 5) is 25.3. The molecule has 1 N–H and O–H groups in total. The van der Waals surface area contributed by atoms with Gasteiger partial charge in [0.05, 0.1) is 11.3 Å². The van der Waals surface area contributed by atoms with Gasteiger partial charge in [-0.3, -0.25) is 9.59 Å². The summed E-state index contributed by atoms with van der Waals surface area (Å²) in [5.74, 6) is -1.24. The second-order valence-corrected chi connectivity index (χ2v) is 6.22. The number of amides is 2. The van der Waals surface area contributed by atoms with Crippen LogP contribution in [0.15, 0.2) is 48.5 Å². The fourth-order valence-electron chi connectivity index (χ4n) is 2.63. The quantitative estimate of drug-likeness (QED) is 0.711. The first-order chi connectivity index (χ1) is 13.2. The molecule has 0 radical (unpaired) electrons. The molecule has 0 aromatic heterocycles. The number of benzene rings is 2. The molecule has 2 aromatic carbocycles. The van der Waals surface area contributed by atoms with Gasteiger partial charge in [-0.25, -0.2) is 4.39 Å².